The fourth-order valence-corrected chi connectivity index (χ4v) is 2.76. The lowest BCUT2D eigenvalue weighted by Gasteiger charge is -2.08. The quantitative estimate of drug-likeness (QED) is 0.506. The van der Waals surface area contributed by atoms with E-state index in [4.69, 9.17) is 9.47 Å². The van der Waals surface area contributed by atoms with E-state index in [0.29, 0.717) is 17.0 Å². The van der Waals surface area contributed by atoms with Gasteiger partial charge in [0.1, 0.15) is 5.75 Å². The second-order valence-electron chi connectivity index (χ2n) is 5.41. The number of ether oxygens (including phenoxy) is 2. The van der Waals surface area contributed by atoms with Crippen LogP contribution in [0.25, 0.3) is 10.9 Å². The number of hydrogen-bond acceptors (Lipinski definition) is 5. The average molecular weight is 327 g/mol. The molecule has 0 amide bonds. The van der Waals surface area contributed by atoms with Crippen LogP contribution in [0.15, 0.2) is 30.3 Å². The van der Waals surface area contributed by atoms with Gasteiger partial charge in [0.2, 0.25) is 5.75 Å². The molecule has 124 valence electrons. The standard InChI is InChI=1S/C18H17NO5/c1-9-16(12-5-4-11(23-2)8-13(12)19-9)17(21)10-6-14(20)18(22)15(7-10)24-3/h4-8,19-20,22H,1-3H3. The number of methoxy groups -OCH3 is 2. The second kappa shape index (κ2) is 5.81. The summed E-state index contributed by atoms with van der Waals surface area (Å²) in [7, 11) is 2.93. The van der Waals surface area contributed by atoms with E-state index in [2.05, 4.69) is 4.98 Å². The summed E-state index contributed by atoms with van der Waals surface area (Å²) in [5, 5.41) is 20.3. The lowest BCUT2D eigenvalue weighted by Crippen LogP contribution is -2.03. The first kappa shape index (κ1) is 15.7. The van der Waals surface area contributed by atoms with Gasteiger partial charge in [-0.2, -0.15) is 0 Å². The highest BCUT2D eigenvalue weighted by atomic mass is 16.5. The monoisotopic (exact) mass is 327 g/mol. The number of phenolic OH excluding ortho intramolecular Hbond substituents is 2. The number of hydrogen-bond donors (Lipinski definition) is 3. The van der Waals surface area contributed by atoms with Gasteiger partial charge in [-0.3, -0.25) is 4.79 Å². The highest BCUT2D eigenvalue weighted by molar-refractivity contribution is 6.17. The molecule has 3 N–H and O–H groups in total. The number of benzene rings is 2. The molecule has 3 rings (SSSR count). The van der Waals surface area contributed by atoms with Crippen molar-refractivity contribution in [2.75, 3.05) is 14.2 Å². The van der Waals surface area contributed by atoms with Crippen LogP contribution in [-0.2, 0) is 0 Å². The molecular formula is C18H17NO5. The van der Waals surface area contributed by atoms with Crippen molar-refractivity contribution < 1.29 is 24.5 Å². The maximum atomic E-state index is 12.9. The zero-order valence-corrected chi connectivity index (χ0v) is 13.5. The van der Waals surface area contributed by atoms with Crippen LogP contribution in [0, 0.1) is 6.92 Å². The van der Waals surface area contributed by atoms with Crippen molar-refractivity contribution in [1.82, 2.24) is 4.98 Å². The number of phenols is 2. The molecule has 0 saturated heterocycles. The molecule has 1 heterocycles. The van der Waals surface area contributed by atoms with Gasteiger partial charge in [0.05, 0.1) is 25.3 Å². The first-order chi connectivity index (χ1) is 11.5. The SMILES string of the molecule is COc1ccc2c(C(=O)c3cc(O)c(O)c(OC)c3)c(C)[nH]c2c1. The predicted molar refractivity (Wildman–Crippen MR) is 89.3 cm³/mol. The molecule has 6 nitrogen and oxygen atoms in total. The summed E-state index contributed by atoms with van der Waals surface area (Å²) in [6.07, 6.45) is 0. The normalized spacial score (nSPS) is 10.8. The van der Waals surface area contributed by atoms with Crippen LogP contribution in [0.1, 0.15) is 21.6 Å². The predicted octanol–water partition coefficient (Wildman–Crippen LogP) is 3.14. The molecule has 0 spiro atoms. The Kier molecular flexibility index (Phi) is 3.81. The van der Waals surface area contributed by atoms with Crippen LogP contribution in [0.2, 0.25) is 0 Å². The highest BCUT2D eigenvalue weighted by Crippen LogP contribution is 2.37. The molecule has 1 aromatic heterocycles. The number of carbonyl (C=O) groups is 1. The van der Waals surface area contributed by atoms with Crippen LogP contribution < -0.4 is 9.47 Å². The van der Waals surface area contributed by atoms with Gasteiger partial charge in [0.15, 0.2) is 17.3 Å². The molecule has 3 aromatic rings. The number of aromatic amines is 1. The zero-order valence-electron chi connectivity index (χ0n) is 13.5. The van der Waals surface area contributed by atoms with E-state index in [1.54, 1.807) is 20.1 Å². The first-order valence-corrected chi connectivity index (χ1v) is 7.27. The van der Waals surface area contributed by atoms with Crippen molar-refractivity contribution in [3.63, 3.8) is 0 Å². The van der Waals surface area contributed by atoms with Crippen LogP contribution in [-0.4, -0.2) is 35.2 Å². The van der Waals surface area contributed by atoms with Gasteiger partial charge in [-0.15, -0.1) is 0 Å². The van der Waals surface area contributed by atoms with Crippen molar-refractivity contribution in [2.45, 2.75) is 6.92 Å². The van der Waals surface area contributed by atoms with Crippen LogP contribution in [0.5, 0.6) is 23.0 Å². The largest absolute Gasteiger partial charge is 0.504 e. The Balaban J connectivity index is 2.15. The van der Waals surface area contributed by atoms with E-state index in [1.807, 2.05) is 12.1 Å². The summed E-state index contributed by atoms with van der Waals surface area (Å²) < 4.78 is 10.2. The third kappa shape index (κ3) is 2.42. The molecule has 6 heteroatoms. The molecule has 0 radical (unpaired) electrons. The zero-order chi connectivity index (χ0) is 17.4. The van der Waals surface area contributed by atoms with Gasteiger partial charge >= 0.3 is 0 Å². The molecule has 0 fully saturated rings. The Morgan fingerprint density at radius 1 is 1.08 bits per heavy atom. The second-order valence-corrected chi connectivity index (χ2v) is 5.41. The smallest absolute Gasteiger partial charge is 0.200 e. The van der Waals surface area contributed by atoms with Gasteiger partial charge in [-0.05, 0) is 31.2 Å². The molecule has 0 atom stereocenters. The topological polar surface area (TPSA) is 91.8 Å². The van der Waals surface area contributed by atoms with Crippen LogP contribution in [0.3, 0.4) is 0 Å². The van der Waals surface area contributed by atoms with E-state index in [-0.39, 0.29) is 17.1 Å². The maximum Gasteiger partial charge on any atom is 0.200 e. The third-order valence-electron chi connectivity index (χ3n) is 3.96. The van der Waals surface area contributed by atoms with Crippen molar-refractivity contribution in [2.24, 2.45) is 0 Å². The number of nitrogens with one attached hydrogen (secondary N) is 1. The Labute approximate surface area is 138 Å². The van der Waals surface area contributed by atoms with E-state index in [1.165, 1.54) is 19.2 Å². The molecule has 2 aromatic carbocycles. The number of ketones is 1. The molecule has 0 unspecified atom stereocenters. The Morgan fingerprint density at radius 2 is 1.83 bits per heavy atom. The highest BCUT2D eigenvalue weighted by Gasteiger charge is 2.21. The summed E-state index contributed by atoms with van der Waals surface area (Å²) >= 11 is 0. The fraction of sp³-hybridized carbons (Fsp3) is 0.167. The molecule has 0 aliphatic heterocycles. The number of H-pyrrole nitrogens is 1. The average Bonchev–Trinajstić information content (AvgIpc) is 2.91. The first-order valence-electron chi connectivity index (χ1n) is 7.27. The summed E-state index contributed by atoms with van der Waals surface area (Å²) in [5.74, 6) is -0.354. The van der Waals surface area contributed by atoms with Gasteiger partial charge in [-0.1, -0.05) is 0 Å². The van der Waals surface area contributed by atoms with Crippen molar-refractivity contribution in [3.8, 4) is 23.0 Å². The molecule has 0 saturated carbocycles. The Hall–Kier alpha value is -3.15. The van der Waals surface area contributed by atoms with E-state index >= 15 is 0 Å². The number of carbonyl (C=O) groups excluding carboxylic acids is 1. The third-order valence-corrected chi connectivity index (χ3v) is 3.96. The fourth-order valence-electron chi connectivity index (χ4n) is 2.76. The molecule has 0 aliphatic carbocycles. The molecule has 0 aliphatic rings. The number of fused-ring (bicyclic) bond motifs is 1. The van der Waals surface area contributed by atoms with E-state index in [0.717, 1.165) is 10.9 Å². The lowest BCUT2D eigenvalue weighted by molar-refractivity contribution is 0.103. The number of aryl methyl sites for hydroxylation is 1. The summed E-state index contributed by atoms with van der Waals surface area (Å²) in [4.78, 5) is 16.1. The number of aromatic nitrogens is 1. The maximum absolute atomic E-state index is 12.9. The molecule has 24 heavy (non-hydrogen) atoms. The van der Waals surface area contributed by atoms with Gasteiger partial charge in [0, 0.05) is 22.7 Å². The van der Waals surface area contributed by atoms with E-state index in [9.17, 15) is 15.0 Å². The van der Waals surface area contributed by atoms with E-state index < -0.39 is 11.5 Å². The number of aromatic hydroxyl groups is 2. The molecule has 0 bridgehead atoms. The molecular weight excluding hydrogens is 310 g/mol. The van der Waals surface area contributed by atoms with Crippen LogP contribution in [0.4, 0.5) is 0 Å². The summed E-state index contributed by atoms with van der Waals surface area (Å²) in [6.45, 7) is 1.80. The van der Waals surface area contributed by atoms with Gasteiger partial charge in [0.25, 0.3) is 0 Å². The lowest BCUT2D eigenvalue weighted by atomic mass is 9.99. The number of rotatable bonds is 4. The summed E-state index contributed by atoms with van der Waals surface area (Å²) in [6, 6.07) is 8.03. The van der Waals surface area contributed by atoms with Crippen molar-refractivity contribution >= 4 is 16.7 Å². The van der Waals surface area contributed by atoms with Gasteiger partial charge < -0.3 is 24.7 Å². The Bertz CT molecular complexity index is 942. The summed E-state index contributed by atoms with van der Waals surface area (Å²) in [5.41, 5.74) is 2.21. The minimum atomic E-state index is -0.406. The van der Waals surface area contributed by atoms with Crippen molar-refractivity contribution in [3.05, 3.63) is 47.2 Å². The van der Waals surface area contributed by atoms with Gasteiger partial charge in [-0.25, -0.2) is 0 Å². The van der Waals surface area contributed by atoms with Crippen molar-refractivity contribution in [1.29, 1.82) is 0 Å². The Morgan fingerprint density at radius 3 is 2.50 bits per heavy atom. The minimum absolute atomic E-state index is 0.0394. The minimum Gasteiger partial charge on any atom is -0.504 e. The van der Waals surface area contributed by atoms with Crippen LogP contribution >= 0.6 is 0 Å².